The second-order valence-electron chi connectivity index (χ2n) is 3.97. The Balaban J connectivity index is 2.35. The van der Waals surface area contributed by atoms with Crippen LogP contribution >= 0.6 is 26.6 Å². The molecule has 20 heavy (non-hydrogen) atoms. The van der Waals surface area contributed by atoms with Gasteiger partial charge in [-0.2, -0.15) is 4.80 Å². The van der Waals surface area contributed by atoms with Crippen molar-refractivity contribution in [1.82, 2.24) is 20.2 Å². The van der Waals surface area contributed by atoms with Crippen LogP contribution in [0, 0.1) is 6.92 Å². The van der Waals surface area contributed by atoms with Crippen LogP contribution in [-0.4, -0.2) is 28.6 Å². The maximum atomic E-state index is 11.6. The van der Waals surface area contributed by atoms with Gasteiger partial charge >= 0.3 is 0 Å². The van der Waals surface area contributed by atoms with E-state index in [4.69, 9.17) is 15.4 Å². The van der Waals surface area contributed by atoms with Crippen LogP contribution in [0.5, 0.6) is 5.75 Å². The molecule has 0 bridgehead atoms. The van der Waals surface area contributed by atoms with E-state index in [9.17, 15) is 8.42 Å². The van der Waals surface area contributed by atoms with Crippen molar-refractivity contribution in [3.63, 3.8) is 0 Å². The van der Waals surface area contributed by atoms with Crippen LogP contribution < -0.4 is 4.74 Å². The molecule has 0 aliphatic rings. The molecular weight excluding hydrogens is 372 g/mol. The molecule has 1 heterocycles. The summed E-state index contributed by atoms with van der Waals surface area (Å²) in [6, 6.07) is 3.11. The topological polar surface area (TPSA) is 87.0 Å². The number of benzene rings is 1. The number of aryl methyl sites for hydroxylation is 2. The molecule has 10 heteroatoms. The Labute approximate surface area is 128 Å². The average molecular weight is 382 g/mol. The van der Waals surface area contributed by atoms with Crippen molar-refractivity contribution in [2.45, 2.75) is 18.4 Å². The van der Waals surface area contributed by atoms with E-state index in [1.807, 2.05) is 0 Å². The summed E-state index contributed by atoms with van der Waals surface area (Å²) >= 11 is 3.22. The lowest BCUT2D eigenvalue weighted by molar-refractivity contribution is 0.285. The highest BCUT2D eigenvalue weighted by molar-refractivity contribution is 9.10. The van der Waals surface area contributed by atoms with Crippen LogP contribution in [0.4, 0.5) is 0 Å². The third kappa shape index (κ3) is 3.47. The van der Waals surface area contributed by atoms with Crippen LogP contribution in [0.3, 0.4) is 0 Å². The summed E-state index contributed by atoms with van der Waals surface area (Å²) in [5.41, 5.74) is 0.627. The number of ether oxygens (including phenoxy) is 1. The molecule has 0 N–H and O–H groups in total. The molecule has 0 saturated carbocycles. The Bertz CT molecular complexity index is 747. The minimum absolute atomic E-state index is 0.00424. The predicted molar refractivity (Wildman–Crippen MR) is 75.0 cm³/mol. The first kappa shape index (κ1) is 15.2. The van der Waals surface area contributed by atoms with Crippen molar-refractivity contribution < 1.29 is 13.2 Å². The molecule has 0 fully saturated rings. The molecule has 2 rings (SSSR count). The average Bonchev–Trinajstić information content (AvgIpc) is 2.72. The van der Waals surface area contributed by atoms with Gasteiger partial charge in [0.15, 0.2) is 6.61 Å². The van der Waals surface area contributed by atoms with Crippen LogP contribution in [0.1, 0.15) is 11.4 Å². The molecule has 0 atom stereocenters. The lowest BCUT2D eigenvalue weighted by Crippen LogP contribution is -2.04. The van der Waals surface area contributed by atoms with Crippen molar-refractivity contribution >= 4 is 35.7 Å². The molecular formula is C10H10BrClN4O3S. The molecule has 2 aromatic rings. The number of aromatic nitrogens is 4. The quantitative estimate of drug-likeness (QED) is 0.750. The first-order valence-electron chi connectivity index (χ1n) is 5.38. The summed E-state index contributed by atoms with van der Waals surface area (Å²) in [6.07, 6.45) is 0. The Kier molecular flexibility index (Phi) is 4.31. The van der Waals surface area contributed by atoms with E-state index in [2.05, 4.69) is 31.3 Å². The maximum absolute atomic E-state index is 11.6. The first-order valence-corrected chi connectivity index (χ1v) is 8.48. The number of rotatable bonds is 4. The van der Waals surface area contributed by atoms with E-state index < -0.39 is 9.05 Å². The maximum Gasteiger partial charge on any atom is 0.265 e. The van der Waals surface area contributed by atoms with Gasteiger partial charge in [-0.25, -0.2) is 8.42 Å². The molecule has 0 radical (unpaired) electrons. The summed E-state index contributed by atoms with van der Waals surface area (Å²) in [5.74, 6) is 0.517. The van der Waals surface area contributed by atoms with Crippen LogP contribution in [0.25, 0.3) is 0 Å². The van der Waals surface area contributed by atoms with E-state index in [1.54, 1.807) is 20.0 Å². The number of hydrogen-bond donors (Lipinski definition) is 0. The van der Waals surface area contributed by atoms with E-state index >= 15 is 0 Å². The molecule has 0 amide bonds. The highest BCUT2D eigenvalue weighted by atomic mass is 79.9. The van der Waals surface area contributed by atoms with Gasteiger partial charge in [0.2, 0.25) is 5.82 Å². The van der Waals surface area contributed by atoms with Crippen LogP contribution in [-0.2, 0) is 22.7 Å². The molecule has 1 aromatic carbocycles. The fraction of sp³-hybridized carbons (Fsp3) is 0.300. The summed E-state index contributed by atoms with van der Waals surface area (Å²) in [7, 11) is 3.12. The van der Waals surface area contributed by atoms with Gasteiger partial charge < -0.3 is 4.74 Å². The Hall–Kier alpha value is -1.19. The van der Waals surface area contributed by atoms with Crippen molar-refractivity contribution in [3.8, 4) is 5.75 Å². The van der Waals surface area contributed by atoms with Gasteiger partial charge in [0.1, 0.15) is 10.6 Å². The zero-order valence-electron chi connectivity index (χ0n) is 10.5. The van der Waals surface area contributed by atoms with Gasteiger partial charge in [0.25, 0.3) is 9.05 Å². The monoisotopic (exact) mass is 380 g/mol. The lowest BCUT2D eigenvalue weighted by Gasteiger charge is -2.11. The number of halogens is 2. The molecule has 0 unspecified atom stereocenters. The highest BCUT2D eigenvalue weighted by Crippen LogP contribution is 2.33. The third-order valence-electron chi connectivity index (χ3n) is 2.36. The van der Waals surface area contributed by atoms with Crippen molar-refractivity contribution in [3.05, 3.63) is 28.0 Å². The van der Waals surface area contributed by atoms with Crippen LogP contribution in [0.15, 0.2) is 21.5 Å². The zero-order chi connectivity index (χ0) is 14.9. The summed E-state index contributed by atoms with van der Waals surface area (Å²) in [6.45, 7) is 1.71. The minimum atomic E-state index is -3.92. The van der Waals surface area contributed by atoms with E-state index in [-0.39, 0.29) is 17.3 Å². The van der Waals surface area contributed by atoms with Gasteiger partial charge in [-0.1, -0.05) is 15.9 Å². The molecule has 0 saturated heterocycles. The molecule has 0 aliphatic carbocycles. The molecule has 0 aliphatic heterocycles. The SMILES string of the molecule is Cc1cc(Br)cc(S(=O)(=O)Cl)c1OCc1nnn(C)n1. The lowest BCUT2D eigenvalue weighted by atomic mass is 10.2. The van der Waals surface area contributed by atoms with Crippen molar-refractivity contribution in [1.29, 1.82) is 0 Å². The zero-order valence-corrected chi connectivity index (χ0v) is 13.7. The van der Waals surface area contributed by atoms with Gasteiger partial charge in [0.05, 0.1) is 7.05 Å². The Morgan fingerprint density at radius 2 is 2.15 bits per heavy atom. The Morgan fingerprint density at radius 3 is 2.70 bits per heavy atom. The molecule has 1 aromatic heterocycles. The Morgan fingerprint density at radius 1 is 1.45 bits per heavy atom. The largest absolute Gasteiger partial charge is 0.484 e. The molecule has 7 nitrogen and oxygen atoms in total. The second-order valence-corrected chi connectivity index (χ2v) is 7.42. The fourth-order valence-electron chi connectivity index (χ4n) is 1.58. The standard InChI is InChI=1S/C10H10BrClN4O3S/c1-6-3-7(11)4-8(20(12,17)18)10(6)19-5-9-13-15-16(2)14-9/h3-4H,5H2,1-2H3. The number of tetrazole rings is 1. The second kappa shape index (κ2) is 5.66. The molecule has 0 spiro atoms. The van der Waals surface area contributed by atoms with E-state index in [0.717, 1.165) is 0 Å². The van der Waals surface area contributed by atoms with Crippen LogP contribution in [0.2, 0.25) is 0 Å². The smallest absolute Gasteiger partial charge is 0.265 e. The van der Waals surface area contributed by atoms with E-state index in [0.29, 0.717) is 15.9 Å². The first-order chi connectivity index (χ1) is 9.27. The van der Waals surface area contributed by atoms with Gasteiger partial charge in [0, 0.05) is 15.2 Å². The fourth-order valence-corrected chi connectivity index (χ4v) is 3.36. The number of hydrogen-bond acceptors (Lipinski definition) is 6. The predicted octanol–water partition coefficient (Wildman–Crippen LogP) is 1.79. The summed E-state index contributed by atoms with van der Waals surface area (Å²) in [5, 5.41) is 11.4. The normalized spacial score (nSPS) is 11.6. The minimum Gasteiger partial charge on any atom is -0.484 e. The van der Waals surface area contributed by atoms with E-state index in [1.165, 1.54) is 10.9 Å². The van der Waals surface area contributed by atoms with Gasteiger partial charge in [-0.15, -0.1) is 10.2 Å². The van der Waals surface area contributed by atoms with Crippen molar-refractivity contribution in [2.24, 2.45) is 7.05 Å². The van der Waals surface area contributed by atoms with Crippen molar-refractivity contribution in [2.75, 3.05) is 0 Å². The summed E-state index contributed by atoms with van der Waals surface area (Å²) < 4.78 is 29.3. The third-order valence-corrected chi connectivity index (χ3v) is 4.15. The molecule has 108 valence electrons. The summed E-state index contributed by atoms with van der Waals surface area (Å²) in [4.78, 5) is 1.18. The van der Waals surface area contributed by atoms with Gasteiger partial charge in [-0.05, 0) is 29.8 Å². The highest BCUT2D eigenvalue weighted by Gasteiger charge is 2.20. The van der Waals surface area contributed by atoms with Gasteiger partial charge in [-0.3, -0.25) is 0 Å². The number of nitrogens with zero attached hydrogens (tertiary/aromatic N) is 4.